The van der Waals surface area contributed by atoms with Gasteiger partial charge in [0.25, 0.3) is 0 Å². The highest BCUT2D eigenvalue weighted by Gasteiger charge is 2.40. The first-order chi connectivity index (χ1) is 11.8. The number of carbonyl (C=O) groups is 2. The number of ketones is 1. The Labute approximate surface area is 144 Å². The fourth-order valence-electron chi connectivity index (χ4n) is 3.58. The van der Waals surface area contributed by atoms with Crippen molar-refractivity contribution < 1.29 is 23.5 Å². The Bertz CT molecular complexity index is 726. The predicted octanol–water partition coefficient (Wildman–Crippen LogP) is 1.49. The highest BCUT2D eigenvalue weighted by atomic mass is 19.1. The van der Waals surface area contributed by atoms with E-state index in [-0.39, 0.29) is 29.5 Å². The van der Waals surface area contributed by atoms with Crippen molar-refractivity contribution in [1.82, 2.24) is 5.32 Å². The standard InChI is InChI=1S/C17H21F2N3O3/c1-3-21-8-11(17(24)25)16(23)10-6-12(18)15(13(19)14(10)21)22-5-4-20-9(2)7-22/h6,9,11,20H,3-5,7-8H2,1-2H3,(H,24,25)/t9-,11+/m1/s1. The van der Waals surface area contributed by atoms with Crippen molar-refractivity contribution in [2.45, 2.75) is 19.9 Å². The molecule has 0 unspecified atom stereocenters. The highest BCUT2D eigenvalue weighted by Crippen LogP contribution is 2.39. The van der Waals surface area contributed by atoms with Crippen LogP contribution in [0.1, 0.15) is 24.2 Å². The molecule has 1 saturated heterocycles. The molecule has 0 saturated carbocycles. The molecule has 0 aromatic heterocycles. The number of hydrogen-bond acceptors (Lipinski definition) is 5. The lowest BCUT2D eigenvalue weighted by atomic mass is 9.90. The predicted molar refractivity (Wildman–Crippen MR) is 89.4 cm³/mol. The minimum Gasteiger partial charge on any atom is -0.481 e. The molecular formula is C17H21F2N3O3. The van der Waals surface area contributed by atoms with Gasteiger partial charge in [0.2, 0.25) is 0 Å². The van der Waals surface area contributed by atoms with Crippen LogP contribution in [0.4, 0.5) is 20.2 Å². The monoisotopic (exact) mass is 353 g/mol. The molecule has 2 aliphatic heterocycles. The van der Waals surface area contributed by atoms with E-state index >= 15 is 4.39 Å². The molecule has 1 aromatic rings. The zero-order valence-electron chi connectivity index (χ0n) is 14.2. The first kappa shape index (κ1) is 17.6. The molecule has 0 aliphatic carbocycles. The van der Waals surface area contributed by atoms with Crippen molar-refractivity contribution >= 4 is 23.1 Å². The van der Waals surface area contributed by atoms with Gasteiger partial charge < -0.3 is 20.2 Å². The summed E-state index contributed by atoms with van der Waals surface area (Å²) in [5.74, 6) is -4.96. The molecule has 3 rings (SSSR count). The van der Waals surface area contributed by atoms with E-state index in [0.717, 1.165) is 6.07 Å². The number of aliphatic carboxylic acids is 1. The lowest BCUT2D eigenvalue weighted by molar-refractivity contribution is -0.139. The molecule has 0 spiro atoms. The van der Waals surface area contributed by atoms with Gasteiger partial charge in [0, 0.05) is 44.3 Å². The number of carboxylic acid groups (broad SMARTS) is 1. The first-order valence-corrected chi connectivity index (χ1v) is 8.37. The number of anilines is 2. The number of rotatable bonds is 3. The third kappa shape index (κ3) is 2.95. The minimum absolute atomic E-state index is 0.00702. The maximum Gasteiger partial charge on any atom is 0.316 e. The number of Topliss-reactive ketones (excluding diaryl/α,β-unsaturated/α-hetero) is 1. The number of nitrogens with one attached hydrogen (secondary N) is 1. The van der Waals surface area contributed by atoms with Crippen molar-refractivity contribution in [3.05, 3.63) is 23.3 Å². The van der Waals surface area contributed by atoms with Crippen LogP contribution in [0.3, 0.4) is 0 Å². The maximum absolute atomic E-state index is 15.2. The number of fused-ring (bicyclic) bond motifs is 1. The van der Waals surface area contributed by atoms with Crippen LogP contribution in [-0.4, -0.2) is 55.6 Å². The van der Waals surface area contributed by atoms with E-state index in [1.807, 2.05) is 6.92 Å². The van der Waals surface area contributed by atoms with Gasteiger partial charge in [-0.1, -0.05) is 0 Å². The summed E-state index contributed by atoms with van der Waals surface area (Å²) < 4.78 is 29.9. The van der Waals surface area contributed by atoms with Gasteiger partial charge in [0.15, 0.2) is 11.6 Å². The normalized spacial score (nSPS) is 23.6. The topological polar surface area (TPSA) is 72.9 Å². The zero-order valence-corrected chi connectivity index (χ0v) is 14.2. The molecule has 25 heavy (non-hydrogen) atoms. The summed E-state index contributed by atoms with van der Waals surface area (Å²) >= 11 is 0. The summed E-state index contributed by atoms with van der Waals surface area (Å²) in [4.78, 5) is 26.8. The Hall–Kier alpha value is -2.22. The van der Waals surface area contributed by atoms with Crippen LogP contribution in [0.25, 0.3) is 0 Å². The molecule has 0 amide bonds. The quantitative estimate of drug-likeness (QED) is 0.802. The van der Waals surface area contributed by atoms with Gasteiger partial charge in [-0.15, -0.1) is 0 Å². The third-order valence-corrected chi connectivity index (χ3v) is 4.83. The van der Waals surface area contributed by atoms with E-state index in [1.54, 1.807) is 11.8 Å². The summed E-state index contributed by atoms with van der Waals surface area (Å²) in [6.45, 7) is 5.39. The average molecular weight is 353 g/mol. The fraction of sp³-hybridized carbons (Fsp3) is 0.529. The van der Waals surface area contributed by atoms with E-state index in [2.05, 4.69) is 5.32 Å². The Morgan fingerprint density at radius 3 is 2.68 bits per heavy atom. The third-order valence-electron chi connectivity index (χ3n) is 4.83. The molecule has 2 heterocycles. The molecule has 1 fully saturated rings. The first-order valence-electron chi connectivity index (χ1n) is 8.37. The van der Waals surface area contributed by atoms with E-state index in [4.69, 9.17) is 0 Å². The van der Waals surface area contributed by atoms with Gasteiger partial charge in [0.05, 0.1) is 5.69 Å². The lowest BCUT2D eigenvalue weighted by Crippen LogP contribution is -2.50. The smallest absolute Gasteiger partial charge is 0.316 e. The minimum atomic E-state index is -1.31. The Kier molecular flexibility index (Phi) is 4.64. The number of hydrogen-bond donors (Lipinski definition) is 2. The van der Waals surface area contributed by atoms with Crippen LogP contribution in [0.5, 0.6) is 0 Å². The van der Waals surface area contributed by atoms with Crippen LogP contribution < -0.4 is 15.1 Å². The van der Waals surface area contributed by atoms with Gasteiger partial charge in [-0.25, -0.2) is 8.78 Å². The Morgan fingerprint density at radius 1 is 1.36 bits per heavy atom. The summed E-state index contributed by atoms with van der Waals surface area (Å²) in [5, 5.41) is 12.4. The second-order valence-electron chi connectivity index (χ2n) is 6.51. The van der Waals surface area contributed by atoms with Crippen LogP contribution in [-0.2, 0) is 4.79 Å². The van der Waals surface area contributed by atoms with Crippen molar-refractivity contribution in [2.24, 2.45) is 5.92 Å². The average Bonchev–Trinajstić information content (AvgIpc) is 2.55. The number of piperazine rings is 1. The summed E-state index contributed by atoms with van der Waals surface area (Å²) in [6.07, 6.45) is 0. The molecule has 2 aliphatic rings. The number of carbonyl (C=O) groups excluding carboxylic acids is 1. The molecular weight excluding hydrogens is 332 g/mol. The molecule has 2 N–H and O–H groups in total. The Balaban J connectivity index is 2.12. The van der Waals surface area contributed by atoms with Crippen molar-refractivity contribution in [3.63, 3.8) is 0 Å². The fourth-order valence-corrected chi connectivity index (χ4v) is 3.58. The largest absolute Gasteiger partial charge is 0.481 e. The molecule has 0 bridgehead atoms. The molecule has 8 heteroatoms. The number of nitrogens with zero attached hydrogens (tertiary/aromatic N) is 2. The van der Waals surface area contributed by atoms with Crippen LogP contribution >= 0.6 is 0 Å². The summed E-state index contributed by atoms with van der Waals surface area (Å²) in [5.41, 5.74) is -0.331. The van der Waals surface area contributed by atoms with Gasteiger partial charge in [-0.3, -0.25) is 9.59 Å². The molecule has 6 nitrogen and oxygen atoms in total. The summed E-state index contributed by atoms with van der Waals surface area (Å²) in [6, 6.07) is 1.07. The van der Waals surface area contributed by atoms with Crippen LogP contribution in [0.15, 0.2) is 6.07 Å². The summed E-state index contributed by atoms with van der Waals surface area (Å²) in [7, 11) is 0. The second-order valence-corrected chi connectivity index (χ2v) is 6.51. The number of benzene rings is 1. The van der Waals surface area contributed by atoms with Gasteiger partial charge in [-0.2, -0.15) is 0 Å². The van der Waals surface area contributed by atoms with Crippen LogP contribution in [0.2, 0.25) is 0 Å². The number of carboxylic acids is 1. The van der Waals surface area contributed by atoms with Gasteiger partial charge in [0.1, 0.15) is 17.4 Å². The van der Waals surface area contributed by atoms with Crippen molar-refractivity contribution in [3.8, 4) is 0 Å². The van der Waals surface area contributed by atoms with Crippen molar-refractivity contribution in [1.29, 1.82) is 0 Å². The van der Waals surface area contributed by atoms with Gasteiger partial charge >= 0.3 is 5.97 Å². The second kappa shape index (κ2) is 6.59. The zero-order chi connectivity index (χ0) is 18.3. The Morgan fingerprint density at radius 2 is 2.08 bits per heavy atom. The molecule has 136 valence electrons. The lowest BCUT2D eigenvalue weighted by Gasteiger charge is -2.37. The van der Waals surface area contributed by atoms with Gasteiger partial charge in [-0.05, 0) is 19.9 Å². The van der Waals surface area contributed by atoms with E-state index < -0.39 is 29.3 Å². The van der Waals surface area contributed by atoms with E-state index in [1.165, 1.54) is 4.90 Å². The van der Waals surface area contributed by atoms with E-state index in [9.17, 15) is 19.1 Å². The maximum atomic E-state index is 15.2. The SMILES string of the molecule is CCN1C[C@H](C(=O)O)C(=O)c2cc(F)c(N3CCN[C@H](C)C3)c(F)c21. The molecule has 1 aromatic carbocycles. The van der Waals surface area contributed by atoms with Crippen LogP contribution in [0, 0.1) is 17.6 Å². The number of halogens is 2. The molecule has 0 radical (unpaired) electrons. The molecule has 2 atom stereocenters. The van der Waals surface area contributed by atoms with Crippen molar-refractivity contribution in [2.75, 3.05) is 42.5 Å². The van der Waals surface area contributed by atoms with E-state index in [0.29, 0.717) is 26.2 Å². The highest BCUT2D eigenvalue weighted by molar-refractivity contribution is 6.13.